The number of carbonyl (C=O) groups is 2. The van der Waals surface area contributed by atoms with E-state index in [1.165, 1.54) is 0 Å². The molecule has 0 atom stereocenters. The van der Waals surface area contributed by atoms with Crippen LogP contribution in [0.4, 0.5) is 5.69 Å². The highest BCUT2D eigenvalue weighted by molar-refractivity contribution is 6.01. The monoisotopic (exact) mass is 234 g/mol. The lowest BCUT2D eigenvalue weighted by Gasteiger charge is -2.04. The summed E-state index contributed by atoms with van der Waals surface area (Å²) in [5.41, 5.74) is -1.39. The van der Waals surface area contributed by atoms with Crippen LogP contribution in [0.15, 0.2) is 12.1 Å². The second-order valence-corrected chi connectivity index (χ2v) is 2.93. The first kappa shape index (κ1) is 12.3. The standard InChI is InChI=1S/C10H6N2O5/c1-17-10(14)7-2-6(4-11)3-9(12(15)16)8(7)5-13/h2-3,5H,1H3. The van der Waals surface area contributed by atoms with Crippen LogP contribution in [0.5, 0.6) is 0 Å². The zero-order valence-electron chi connectivity index (χ0n) is 8.67. The van der Waals surface area contributed by atoms with Gasteiger partial charge in [-0.15, -0.1) is 0 Å². The molecule has 0 aliphatic rings. The van der Waals surface area contributed by atoms with E-state index in [1.807, 2.05) is 0 Å². The summed E-state index contributed by atoms with van der Waals surface area (Å²) in [6.07, 6.45) is 0.186. The Morgan fingerprint density at radius 3 is 2.65 bits per heavy atom. The van der Waals surface area contributed by atoms with Gasteiger partial charge >= 0.3 is 5.97 Å². The molecule has 1 rings (SSSR count). The molecule has 86 valence electrons. The number of hydrogen-bond donors (Lipinski definition) is 0. The Labute approximate surface area is 95.4 Å². The largest absolute Gasteiger partial charge is 0.465 e. The van der Waals surface area contributed by atoms with Crippen molar-refractivity contribution in [2.24, 2.45) is 0 Å². The summed E-state index contributed by atoms with van der Waals surface area (Å²) in [6, 6.07) is 3.66. The Morgan fingerprint density at radius 1 is 1.59 bits per heavy atom. The maximum Gasteiger partial charge on any atom is 0.338 e. The molecule has 0 amide bonds. The SMILES string of the molecule is COC(=O)c1cc(C#N)cc([N+](=O)[O-])c1C=O. The predicted octanol–water partition coefficient (Wildman–Crippen LogP) is 1.07. The summed E-state index contributed by atoms with van der Waals surface area (Å²) in [5, 5.41) is 19.4. The molecule has 0 radical (unpaired) electrons. The smallest absolute Gasteiger partial charge is 0.338 e. The van der Waals surface area contributed by atoms with Gasteiger partial charge in [-0.25, -0.2) is 4.79 Å². The summed E-state index contributed by atoms with van der Waals surface area (Å²) in [4.78, 5) is 32.0. The first-order chi connectivity index (χ1) is 8.04. The number of hydrogen-bond acceptors (Lipinski definition) is 6. The fourth-order valence-corrected chi connectivity index (χ4v) is 1.26. The number of nitrogens with zero attached hydrogens (tertiary/aromatic N) is 2. The summed E-state index contributed by atoms with van der Waals surface area (Å²) in [7, 11) is 1.07. The number of nitro groups is 1. The van der Waals surface area contributed by atoms with Crippen molar-refractivity contribution in [3.8, 4) is 6.07 Å². The molecule has 17 heavy (non-hydrogen) atoms. The average Bonchev–Trinajstić information content (AvgIpc) is 2.35. The Morgan fingerprint density at radius 2 is 2.24 bits per heavy atom. The predicted molar refractivity (Wildman–Crippen MR) is 54.5 cm³/mol. The fourth-order valence-electron chi connectivity index (χ4n) is 1.26. The van der Waals surface area contributed by atoms with Gasteiger partial charge in [0.05, 0.1) is 29.2 Å². The Balaban J connectivity index is 3.63. The van der Waals surface area contributed by atoms with E-state index in [0.717, 1.165) is 19.2 Å². The van der Waals surface area contributed by atoms with E-state index >= 15 is 0 Å². The molecule has 0 unspecified atom stereocenters. The molecular formula is C10H6N2O5. The zero-order chi connectivity index (χ0) is 13.0. The second-order valence-electron chi connectivity index (χ2n) is 2.93. The first-order valence-corrected chi connectivity index (χ1v) is 4.31. The first-order valence-electron chi connectivity index (χ1n) is 4.31. The number of methoxy groups -OCH3 is 1. The van der Waals surface area contributed by atoms with Crippen LogP contribution in [0.3, 0.4) is 0 Å². The van der Waals surface area contributed by atoms with Crippen LogP contribution < -0.4 is 0 Å². The van der Waals surface area contributed by atoms with E-state index in [4.69, 9.17) is 5.26 Å². The molecule has 1 aromatic rings. The lowest BCUT2D eigenvalue weighted by Crippen LogP contribution is -2.08. The number of aldehydes is 1. The van der Waals surface area contributed by atoms with E-state index in [9.17, 15) is 19.7 Å². The van der Waals surface area contributed by atoms with Crippen molar-refractivity contribution in [1.82, 2.24) is 0 Å². The highest BCUT2D eigenvalue weighted by Crippen LogP contribution is 2.23. The van der Waals surface area contributed by atoms with Gasteiger partial charge in [-0.2, -0.15) is 5.26 Å². The summed E-state index contributed by atoms with van der Waals surface area (Å²) in [5.74, 6) is -0.910. The zero-order valence-corrected chi connectivity index (χ0v) is 8.67. The average molecular weight is 234 g/mol. The maximum atomic E-state index is 11.3. The minimum Gasteiger partial charge on any atom is -0.465 e. The molecule has 0 saturated heterocycles. The van der Waals surface area contributed by atoms with Gasteiger partial charge in [0.25, 0.3) is 5.69 Å². The Bertz CT molecular complexity index is 544. The third-order valence-corrected chi connectivity index (χ3v) is 2.01. The maximum absolute atomic E-state index is 11.3. The van der Waals surface area contributed by atoms with Crippen LogP contribution in [0.25, 0.3) is 0 Å². The summed E-state index contributed by atoms with van der Waals surface area (Å²) in [6.45, 7) is 0. The molecule has 0 aliphatic heterocycles. The summed E-state index contributed by atoms with van der Waals surface area (Å²) >= 11 is 0. The van der Waals surface area contributed by atoms with E-state index in [2.05, 4.69) is 4.74 Å². The molecule has 0 aliphatic carbocycles. The van der Waals surface area contributed by atoms with Crippen molar-refractivity contribution in [2.45, 2.75) is 0 Å². The van der Waals surface area contributed by atoms with Crippen molar-refractivity contribution in [3.63, 3.8) is 0 Å². The van der Waals surface area contributed by atoms with Crippen LogP contribution >= 0.6 is 0 Å². The number of rotatable bonds is 3. The third-order valence-electron chi connectivity index (χ3n) is 2.01. The molecule has 1 aromatic carbocycles. The minimum absolute atomic E-state index is 0.0947. The van der Waals surface area contributed by atoms with Crippen LogP contribution in [0.1, 0.15) is 26.3 Å². The fraction of sp³-hybridized carbons (Fsp3) is 0.100. The molecule has 0 heterocycles. The third kappa shape index (κ3) is 2.26. The molecular weight excluding hydrogens is 228 g/mol. The van der Waals surface area contributed by atoms with Crippen molar-refractivity contribution in [1.29, 1.82) is 5.26 Å². The van der Waals surface area contributed by atoms with Gasteiger partial charge in [0.15, 0.2) is 6.29 Å². The van der Waals surface area contributed by atoms with Crippen LogP contribution in [0, 0.1) is 21.4 Å². The number of benzene rings is 1. The van der Waals surface area contributed by atoms with E-state index in [-0.39, 0.29) is 17.4 Å². The number of esters is 1. The van der Waals surface area contributed by atoms with Crippen LogP contribution in [-0.4, -0.2) is 24.3 Å². The molecule has 0 N–H and O–H groups in total. The lowest BCUT2D eigenvalue weighted by molar-refractivity contribution is -0.385. The van der Waals surface area contributed by atoms with E-state index < -0.39 is 22.1 Å². The lowest BCUT2D eigenvalue weighted by atomic mass is 10.0. The molecule has 0 spiro atoms. The number of ether oxygens (including phenoxy) is 1. The van der Waals surface area contributed by atoms with Gasteiger partial charge in [-0.1, -0.05) is 0 Å². The minimum atomic E-state index is -0.910. The molecule has 0 bridgehead atoms. The van der Waals surface area contributed by atoms with Crippen LogP contribution in [-0.2, 0) is 4.74 Å². The van der Waals surface area contributed by atoms with Gasteiger partial charge < -0.3 is 4.74 Å². The van der Waals surface area contributed by atoms with Crippen LogP contribution in [0.2, 0.25) is 0 Å². The van der Waals surface area contributed by atoms with Gasteiger partial charge in [0.1, 0.15) is 5.56 Å². The van der Waals surface area contributed by atoms with Gasteiger partial charge in [-0.3, -0.25) is 14.9 Å². The molecule has 7 nitrogen and oxygen atoms in total. The summed E-state index contributed by atoms with van der Waals surface area (Å²) < 4.78 is 4.38. The topological polar surface area (TPSA) is 110 Å². The normalized spacial score (nSPS) is 9.18. The Hall–Kier alpha value is -2.75. The molecule has 0 aromatic heterocycles. The van der Waals surface area contributed by atoms with Crippen molar-refractivity contribution < 1.29 is 19.2 Å². The highest BCUT2D eigenvalue weighted by Gasteiger charge is 2.23. The second kappa shape index (κ2) is 4.85. The van der Waals surface area contributed by atoms with E-state index in [1.54, 1.807) is 6.07 Å². The van der Waals surface area contributed by atoms with Gasteiger partial charge in [0.2, 0.25) is 0 Å². The van der Waals surface area contributed by atoms with Crippen molar-refractivity contribution in [3.05, 3.63) is 38.9 Å². The molecule has 0 saturated carbocycles. The van der Waals surface area contributed by atoms with Crippen molar-refractivity contribution in [2.75, 3.05) is 7.11 Å². The van der Waals surface area contributed by atoms with Crippen molar-refractivity contribution >= 4 is 17.9 Å². The van der Waals surface area contributed by atoms with Gasteiger partial charge in [0, 0.05) is 6.07 Å². The number of carbonyl (C=O) groups excluding carboxylic acids is 2. The molecule has 0 fully saturated rings. The quantitative estimate of drug-likeness (QED) is 0.334. The number of nitro benzene ring substituents is 1. The number of nitriles is 1. The Kier molecular flexibility index (Phi) is 3.51. The van der Waals surface area contributed by atoms with E-state index in [0.29, 0.717) is 0 Å². The highest BCUT2D eigenvalue weighted by atomic mass is 16.6. The van der Waals surface area contributed by atoms with Gasteiger partial charge in [-0.05, 0) is 6.07 Å². The molecule has 7 heteroatoms.